The van der Waals surface area contributed by atoms with Crippen LogP contribution in [0.1, 0.15) is 41.4 Å². The lowest BCUT2D eigenvalue weighted by atomic mass is 10.1. The van der Waals surface area contributed by atoms with Crippen LogP contribution in [0.3, 0.4) is 0 Å². The molecule has 1 N–H and O–H groups in total. The minimum absolute atomic E-state index is 0.0242. The molecule has 0 unspecified atom stereocenters. The summed E-state index contributed by atoms with van der Waals surface area (Å²) < 4.78 is 45.7. The fourth-order valence-electron chi connectivity index (χ4n) is 3.27. The second-order valence-electron chi connectivity index (χ2n) is 7.52. The van der Waals surface area contributed by atoms with Crippen molar-refractivity contribution in [2.24, 2.45) is 0 Å². The lowest BCUT2D eigenvalue weighted by Crippen LogP contribution is -2.24. The molecule has 0 saturated carbocycles. The van der Waals surface area contributed by atoms with E-state index in [4.69, 9.17) is 4.42 Å². The summed E-state index contributed by atoms with van der Waals surface area (Å²) in [5, 5.41) is 7.61. The third-order valence-corrected chi connectivity index (χ3v) is 4.83. The molecule has 6 nitrogen and oxygen atoms in total. The number of nitrogens with one attached hydrogen (secondary N) is 1. The van der Waals surface area contributed by atoms with Crippen molar-refractivity contribution in [2.75, 3.05) is 6.54 Å². The number of alkyl halides is 3. The van der Waals surface area contributed by atoms with Crippen LogP contribution in [0.2, 0.25) is 0 Å². The van der Waals surface area contributed by atoms with Crippen molar-refractivity contribution in [3.63, 3.8) is 0 Å². The molecule has 3 heterocycles. The highest BCUT2D eigenvalue weighted by Crippen LogP contribution is 2.29. The van der Waals surface area contributed by atoms with E-state index in [0.717, 1.165) is 12.1 Å². The molecule has 168 valence electrons. The molecule has 0 fully saturated rings. The summed E-state index contributed by atoms with van der Waals surface area (Å²) >= 11 is 0. The zero-order chi connectivity index (χ0) is 23.6. The van der Waals surface area contributed by atoms with Crippen LogP contribution in [-0.2, 0) is 6.18 Å². The number of hydrogen-bond acceptors (Lipinski definition) is 4. The van der Waals surface area contributed by atoms with Crippen molar-refractivity contribution in [2.45, 2.75) is 26.1 Å². The summed E-state index contributed by atoms with van der Waals surface area (Å²) in [6.07, 6.45) is -1.34. The van der Waals surface area contributed by atoms with Gasteiger partial charge in [0.15, 0.2) is 11.4 Å². The minimum Gasteiger partial charge on any atom is -0.463 e. The van der Waals surface area contributed by atoms with Gasteiger partial charge >= 0.3 is 6.18 Å². The molecular weight excluding hydrogens is 433 g/mol. The van der Waals surface area contributed by atoms with E-state index in [2.05, 4.69) is 27.2 Å². The average molecular weight is 452 g/mol. The van der Waals surface area contributed by atoms with Gasteiger partial charge in [0, 0.05) is 11.6 Å². The monoisotopic (exact) mass is 452 g/mol. The fraction of sp³-hybridized carbons (Fsp3) is 0.208. The zero-order valence-electron chi connectivity index (χ0n) is 17.8. The van der Waals surface area contributed by atoms with E-state index in [1.807, 2.05) is 13.8 Å². The highest BCUT2D eigenvalue weighted by molar-refractivity contribution is 6.06. The normalized spacial score (nSPS) is 11.5. The second-order valence-corrected chi connectivity index (χ2v) is 7.52. The Bertz CT molecular complexity index is 1360. The second kappa shape index (κ2) is 8.82. The topological polar surface area (TPSA) is 73.0 Å². The highest BCUT2D eigenvalue weighted by Gasteiger charge is 2.30. The summed E-state index contributed by atoms with van der Waals surface area (Å²) in [7, 11) is 0. The number of carbonyl (C=O) groups excluding carboxylic acids is 1. The first kappa shape index (κ1) is 22.1. The van der Waals surface area contributed by atoms with Crippen LogP contribution in [0.4, 0.5) is 13.2 Å². The Labute approximate surface area is 187 Å². The molecule has 0 spiro atoms. The lowest BCUT2D eigenvalue weighted by Gasteiger charge is -2.09. The number of nitrogens with zero attached hydrogens (tertiary/aromatic N) is 3. The van der Waals surface area contributed by atoms with Gasteiger partial charge in [-0.15, -0.1) is 0 Å². The first-order chi connectivity index (χ1) is 15.7. The van der Waals surface area contributed by atoms with Crippen molar-refractivity contribution in [1.82, 2.24) is 20.1 Å². The lowest BCUT2D eigenvalue weighted by molar-refractivity contribution is -0.137. The minimum atomic E-state index is -4.44. The molecule has 33 heavy (non-hydrogen) atoms. The Morgan fingerprint density at radius 3 is 2.73 bits per heavy atom. The molecule has 3 aromatic heterocycles. The summed E-state index contributed by atoms with van der Waals surface area (Å²) in [5.41, 5.74) is 0.808. The smallest absolute Gasteiger partial charge is 0.416 e. The molecular formula is C24H19F3N4O2. The standard InChI is InChI=1S/C24H19F3N4O2/c1-15(2)31-22-19(14-29-31)18(13-20(30-22)21-9-5-11-33-21)23(32)28-10-4-7-16-6-3-8-17(12-16)24(25,26)27/h3,5-6,8-9,11-15H,10H2,1-2H3,(H,28,32). The van der Waals surface area contributed by atoms with Crippen molar-refractivity contribution in [3.8, 4) is 23.3 Å². The van der Waals surface area contributed by atoms with E-state index >= 15 is 0 Å². The number of benzene rings is 1. The van der Waals surface area contributed by atoms with Crippen molar-refractivity contribution < 1.29 is 22.4 Å². The van der Waals surface area contributed by atoms with Gasteiger partial charge in [-0.25, -0.2) is 9.67 Å². The Morgan fingerprint density at radius 2 is 2.03 bits per heavy atom. The molecule has 0 radical (unpaired) electrons. The maximum Gasteiger partial charge on any atom is 0.416 e. The van der Waals surface area contributed by atoms with Crippen LogP contribution in [0.5, 0.6) is 0 Å². The Balaban J connectivity index is 1.59. The third kappa shape index (κ3) is 4.75. The SMILES string of the molecule is CC(C)n1ncc2c(C(=O)NCC#Cc3cccc(C(F)(F)F)c3)cc(-c3ccco3)nc21. The number of hydrogen-bond donors (Lipinski definition) is 1. The number of pyridine rings is 1. The molecule has 1 amide bonds. The maximum atomic E-state index is 12.9. The van der Waals surface area contributed by atoms with Gasteiger partial charge in [0.2, 0.25) is 0 Å². The number of rotatable bonds is 4. The van der Waals surface area contributed by atoms with Gasteiger partial charge in [-0.1, -0.05) is 17.9 Å². The number of furan rings is 1. The Kier molecular flexibility index (Phi) is 5.92. The molecule has 1 aromatic carbocycles. The van der Waals surface area contributed by atoms with Crippen molar-refractivity contribution >= 4 is 16.9 Å². The number of aromatic nitrogens is 3. The number of carbonyl (C=O) groups is 1. The van der Waals surface area contributed by atoms with Crippen LogP contribution >= 0.6 is 0 Å². The first-order valence-electron chi connectivity index (χ1n) is 10.1. The molecule has 0 saturated heterocycles. The van der Waals surface area contributed by atoms with Crippen LogP contribution in [0, 0.1) is 11.8 Å². The molecule has 0 bridgehead atoms. The molecule has 0 atom stereocenters. The van der Waals surface area contributed by atoms with E-state index in [1.165, 1.54) is 18.4 Å². The molecule has 0 aliphatic rings. The summed E-state index contributed by atoms with van der Waals surface area (Å²) in [6, 6.07) is 9.83. The first-order valence-corrected chi connectivity index (χ1v) is 10.1. The summed E-state index contributed by atoms with van der Waals surface area (Å²) in [6.45, 7) is 3.86. The van der Waals surface area contributed by atoms with E-state index in [9.17, 15) is 18.0 Å². The number of amides is 1. The predicted molar refractivity (Wildman–Crippen MR) is 116 cm³/mol. The van der Waals surface area contributed by atoms with Gasteiger partial charge in [-0.3, -0.25) is 4.79 Å². The Hall–Kier alpha value is -4.06. The summed E-state index contributed by atoms with van der Waals surface area (Å²) in [4.78, 5) is 17.5. The van der Waals surface area contributed by atoms with E-state index in [1.54, 1.807) is 29.1 Å². The van der Waals surface area contributed by atoms with Crippen LogP contribution in [0.15, 0.2) is 59.3 Å². The van der Waals surface area contributed by atoms with Gasteiger partial charge in [0.05, 0.1) is 35.5 Å². The van der Waals surface area contributed by atoms with Gasteiger partial charge in [-0.05, 0) is 50.2 Å². The highest BCUT2D eigenvalue weighted by atomic mass is 19.4. The number of fused-ring (bicyclic) bond motifs is 1. The van der Waals surface area contributed by atoms with E-state index < -0.39 is 17.6 Å². The average Bonchev–Trinajstić information content (AvgIpc) is 3.45. The number of halogens is 3. The van der Waals surface area contributed by atoms with Gasteiger partial charge in [0.25, 0.3) is 5.91 Å². The van der Waals surface area contributed by atoms with Crippen molar-refractivity contribution in [3.05, 3.63) is 71.6 Å². The zero-order valence-corrected chi connectivity index (χ0v) is 17.8. The van der Waals surface area contributed by atoms with E-state index in [-0.39, 0.29) is 18.2 Å². The molecule has 4 aromatic rings. The molecule has 0 aliphatic carbocycles. The van der Waals surface area contributed by atoms with Crippen LogP contribution in [0.25, 0.3) is 22.5 Å². The van der Waals surface area contributed by atoms with Gasteiger partial charge < -0.3 is 9.73 Å². The fourth-order valence-corrected chi connectivity index (χ4v) is 3.27. The largest absolute Gasteiger partial charge is 0.463 e. The molecule has 4 rings (SSSR count). The van der Waals surface area contributed by atoms with Crippen molar-refractivity contribution in [1.29, 1.82) is 0 Å². The van der Waals surface area contributed by atoms with Gasteiger partial charge in [-0.2, -0.15) is 18.3 Å². The molecule has 9 heteroatoms. The third-order valence-electron chi connectivity index (χ3n) is 4.83. The molecule has 0 aliphatic heterocycles. The predicted octanol–water partition coefficient (Wildman–Crippen LogP) is 5.07. The van der Waals surface area contributed by atoms with Gasteiger partial charge in [0.1, 0.15) is 5.69 Å². The van der Waals surface area contributed by atoms with Crippen LogP contribution in [-0.4, -0.2) is 27.2 Å². The summed E-state index contributed by atoms with van der Waals surface area (Å²) in [5.74, 6) is 5.44. The van der Waals surface area contributed by atoms with Crippen LogP contribution < -0.4 is 5.32 Å². The maximum absolute atomic E-state index is 12.9. The Morgan fingerprint density at radius 1 is 1.21 bits per heavy atom. The quantitative estimate of drug-likeness (QED) is 0.439. The van der Waals surface area contributed by atoms with E-state index in [0.29, 0.717) is 28.1 Å².